The normalized spacial score (nSPS) is 20.9. The molecule has 3 aromatic rings. The minimum Gasteiger partial charge on any atom is -0.353 e. The quantitative estimate of drug-likeness (QED) is 0.453. The molecular weight excluding hydrogens is 456 g/mol. The highest BCUT2D eigenvalue weighted by molar-refractivity contribution is 6.32. The fraction of sp³-hybridized carbons (Fsp3) is 0.464. The van der Waals surface area contributed by atoms with Gasteiger partial charge in [0.05, 0.1) is 10.7 Å². The van der Waals surface area contributed by atoms with Gasteiger partial charge in [0.2, 0.25) is 5.95 Å². The lowest BCUT2D eigenvalue weighted by atomic mass is 10.0. The highest BCUT2D eigenvalue weighted by Crippen LogP contribution is 2.32. The number of rotatable bonds is 4. The topological polar surface area (TPSA) is 48.4 Å². The fourth-order valence-corrected chi connectivity index (χ4v) is 5.52. The van der Waals surface area contributed by atoms with E-state index in [9.17, 15) is 0 Å². The number of pyridine rings is 1. The highest BCUT2D eigenvalue weighted by Gasteiger charge is 2.28. The van der Waals surface area contributed by atoms with Gasteiger partial charge < -0.3 is 14.7 Å². The van der Waals surface area contributed by atoms with Crippen molar-refractivity contribution in [3.05, 3.63) is 58.7 Å². The second-order valence-corrected chi connectivity index (χ2v) is 10.5. The van der Waals surface area contributed by atoms with E-state index in [1.54, 1.807) is 0 Å². The SMILES string of the molecule is Cc1ccc(-c2cc(N3CCCN(c4ncccc4Cl)CC3C)nc(N3CCCC3C)n2)cc1C. The van der Waals surface area contributed by atoms with Crippen molar-refractivity contribution >= 4 is 29.2 Å². The Morgan fingerprint density at radius 2 is 1.71 bits per heavy atom. The third-order valence-corrected chi connectivity index (χ3v) is 7.78. The molecule has 0 spiro atoms. The van der Waals surface area contributed by atoms with Gasteiger partial charge in [0.25, 0.3) is 0 Å². The molecule has 7 heteroatoms. The van der Waals surface area contributed by atoms with Crippen LogP contribution in [0.15, 0.2) is 42.6 Å². The van der Waals surface area contributed by atoms with E-state index >= 15 is 0 Å². The highest BCUT2D eigenvalue weighted by atomic mass is 35.5. The van der Waals surface area contributed by atoms with E-state index in [-0.39, 0.29) is 6.04 Å². The van der Waals surface area contributed by atoms with Crippen LogP contribution in [0.3, 0.4) is 0 Å². The summed E-state index contributed by atoms with van der Waals surface area (Å²) in [6.07, 6.45) is 5.20. The van der Waals surface area contributed by atoms with Crippen LogP contribution >= 0.6 is 11.6 Å². The molecule has 4 heterocycles. The first-order chi connectivity index (χ1) is 16.9. The predicted octanol–water partition coefficient (Wildman–Crippen LogP) is 5.90. The Balaban J connectivity index is 1.51. The maximum absolute atomic E-state index is 6.49. The zero-order valence-electron chi connectivity index (χ0n) is 21.2. The van der Waals surface area contributed by atoms with E-state index in [2.05, 4.69) is 71.6 Å². The van der Waals surface area contributed by atoms with Crippen LogP contribution in [-0.4, -0.2) is 53.2 Å². The van der Waals surface area contributed by atoms with E-state index in [1.165, 1.54) is 24.0 Å². The minimum atomic E-state index is 0.252. The monoisotopic (exact) mass is 490 g/mol. The van der Waals surface area contributed by atoms with Crippen LogP contribution in [0.1, 0.15) is 44.2 Å². The Labute approximate surface area is 214 Å². The second kappa shape index (κ2) is 10.0. The van der Waals surface area contributed by atoms with E-state index < -0.39 is 0 Å². The summed E-state index contributed by atoms with van der Waals surface area (Å²) in [6.45, 7) is 12.6. The number of benzene rings is 1. The molecule has 0 N–H and O–H groups in total. The summed E-state index contributed by atoms with van der Waals surface area (Å²) < 4.78 is 0. The first kappa shape index (κ1) is 23.9. The molecule has 0 amide bonds. The van der Waals surface area contributed by atoms with Gasteiger partial charge in [-0.15, -0.1) is 0 Å². The number of hydrogen-bond acceptors (Lipinski definition) is 6. The molecule has 1 aromatic carbocycles. The van der Waals surface area contributed by atoms with E-state index in [0.29, 0.717) is 11.1 Å². The van der Waals surface area contributed by atoms with Crippen LogP contribution < -0.4 is 14.7 Å². The average Bonchev–Trinajstić information content (AvgIpc) is 3.18. The van der Waals surface area contributed by atoms with Gasteiger partial charge in [-0.05, 0) is 76.3 Å². The first-order valence-electron chi connectivity index (χ1n) is 12.8. The molecule has 2 atom stereocenters. The van der Waals surface area contributed by atoms with Gasteiger partial charge in [0.15, 0.2) is 0 Å². The third-order valence-electron chi connectivity index (χ3n) is 7.49. The molecule has 6 nitrogen and oxygen atoms in total. The van der Waals surface area contributed by atoms with Crippen molar-refractivity contribution < 1.29 is 0 Å². The van der Waals surface area contributed by atoms with E-state index in [1.807, 2.05) is 18.3 Å². The van der Waals surface area contributed by atoms with Gasteiger partial charge in [-0.25, -0.2) is 9.97 Å². The summed E-state index contributed by atoms with van der Waals surface area (Å²) in [4.78, 5) is 21.9. The van der Waals surface area contributed by atoms with Crippen molar-refractivity contribution in [1.82, 2.24) is 15.0 Å². The molecule has 2 aromatic heterocycles. The number of halogens is 1. The van der Waals surface area contributed by atoms with Gasteiger partial charge in [-0.2, -0.15) is 4.98 Å². The molecule has 184 valence electrons. The Bertz CT molecular complexity index is 1200. The van der Waals surface area contributed by atoms with Crippen molar-refractivity contribution in [2.45, 2.75) is 59.0 Å². The van der Waals surface area contributed by atoms with Gasteiger partial charge in [0, 0.05) is 56.1 Å². The summed E-state index contributed by atoms with van der Waals surface area (Å²) in [5.74, 6) is 2.72. The van der Waals surface area contributed by atoms with Crippen LogP contribution in [0.5, 0.6) is 0 Å². The Hall–Kier alpha value is -2.86. The zero-order valence-corrected chi connectivity index (χ0v) is 22.0. The Morgan fingerprint density at radius 1 is 0.886 bits per heavy atom. The van der Waals surface area contributed by atoms with Crippen LogP contribution in [0.25, 0.3) is 11.3 Å². The molecule has 0 aliphatic carbocycles. The van der Waals surface area contributed by atoms with Crippen molar-refractivity contribution in [3.63, 3.8) is 0 Å². The molecule has 35 heavy (non-hydrogen) atoms. The van der Waals surface area contributed by atoms with Gasteiger partial charge in [-0.1, -0.05) is 23.7 Å². The zero-order chi connectivity index (χ0) is 24.5. The molecule has 0 saturated carbocycles. The molecule has 2 aliphatic heterocycles. The molecule has 2 aliphatic rings. The summed E-state index contributed by atoms with van der Waals surface area (Å²) in [5.41, 5.74) is 4.72. The van der Waals surface area contributed by atoms with Crippen LogP contribution in [0.2, 0.25) is 5.02 Å². The molecule has 0 radical (unpaired) electrons. The minimum absolute atomic E-state index is 0.252. The Morgan fingerprint density at radius 3 is 2.46 bits per heavy atom. The lowest BCUT2D eigenvalue weighted by Gasteiger charge is -2.32. The third kappa shape index (κ3) is 4.94. The maximum Gasteiger partial charge on any atom is 0.228 e. The maximum atomic E-state index is 6.49. The van der Waals surface area contributed by atoms with Gasteiger partial charge in [0.1, 0.15) is 11.6 Å². The summed E-state index contributed by atoms with van der Waals surface area (Å²) >= 11 is 6.49. The van der Waals surface area contributed by atoms with Crippen molar-refractivity contribution in [3.8, 4) is 11.3 Å². The lowest BCUT2D eigenvalue weighted by Crippen LogP contribution is -2.40. The predicted molar refractivity (Wildman–Crippen MR) is 146 cm³/mol. The van der Waals surface area contributed by atoms with Crippen molar-refractivity contribution in [1.29, 1.82) is 0 Å². The number of hydrogen-bond donors (Lipinski definition) is 0. The average molecular weight is 491 g/mol. The fourth-order valence-electron chi connectivity index (χ4n) is 5.28. The second-order valence-electron chi connectivity index (χ2n) is 10.0. The number of aromatic nitrogens is 3. The summed E-state index contributed by atoms with van der Waals surface area (Å²) in [7, 11) is 0. The van der Waals surface area contributed by atoms with Crippen LogP contribution in [0.4, 0.5) is 17.6 Å². The van der Waals surface area contributed by atoms with Crippen molar-refractivity contribution in [2.75, 3.05) is 40.9 Å². The number of anilines is 3. The smallest absolute Gasteiger partial charge is 0.228 e. The first-order valence-corrected chi connectivity index (χ1v) is 13.1. The van der Waals surface area contributed by atoms with Crippen LogP contribution in [-0.2, 0) is 0 Å². The van der Waals surface area contributed by atoms with Crippen molar-refractivity contribution in [2.24, 2.45) is 0 Å². The van der Waals surface area contributed by atoms with Crippen LogP contribution in [0, 0.1) is 13.8 Å². The summed E-state index contributed by atoms with van der Waals surface area (Å²) in [5, 5.41) is 0.706. The summed E-state index contributed by atoms with van der Waals surface area (Å²) in [6, 6.07) is 13.3. The molecule has 0 bridgehead atoms. The molecule has 5 rings (SSSR count). The van der Waals surface area contributed by atoms with Gasteiger partial charge >= 0.3 is 0 Å². The van der Waals surface area contributed by atoms with E-state index in [4.69, 9.17) is 21.6 Å². The molecule has 2 saturated heterocycles. The standard InChI is InChI=1S/C28H35ClN6/c1-19-10-11-23(16-20(19)2)25-17-26(32-28(31-25)35-14-6-8-21(35)3)34-15-7-13-33(18-22(34)4)27-24(29)9-5-12-30-27/h5,9-12,16-17,21-22H,6-8,13-15,18H2,1-4H3. The Kier molecular flexibility index (Phi) is 6.83. The van der Waals surface area contributed by atoms with E-state index in [0.717, 1.165) is 61.4 Å². The lowest BCUT2D eigenvalue weighted by molar-refractivity contribution is 0.651. The number of aryl methyl sites for hydroxylation is 2. The largest absolute Gasteiger partial charge is 0.353 e. The van der Waals surface area contributed by atoms with Gasteiger partial charge in [-0.3, -0.25) is 0 Å². The number of nitrogens with zero attached hydrogens (tertiary/aromatic N) is 6. The molecule has 2 unspecified atom stereocenters. The molecular formula is C28H35ClN6. The molecule has 2 fully saturated rings.